The van der Waals surface area contributed by atoms with Crippen molar-refractivity contribution in [1.29, 1.82) is 0 Å². The van der Waals surface area contributed by atoms with E-state index < -0.39 is 0 Å². The Labute approximate surface area is 179 Å². The Hall–Kier alpha value is -1.85. The van der Waals surface area contributed by atoms with Crippen molar-refractivity contribution in [2.24, 2.45) is 5.41 Å². The number of pyridine rings is 2. The number of likely N-dealkylation sites (tertiary alicyclic amines) is 1. The minimum absolute atomic E-state index is 0.0345. The summed E-state index contributed by atoms with van der Waals surface area (Å²) < 4.78 is 19.6. The van der Waals surface area contributed by atoms with E-state index in [0.29, 0.717) is 6.61 Å². The highest BCUT2D eigenvalue weighted by Gasteiger charge is 2.58. The standard InChI is InChI=1S/C25H34FN3O/c1-5-30-23(3,4)24(11-10-22-9-8-21(26)17-28-22)14-15-29(18-24)25(12-13-25)20-7-6-19(2)27-16-20/h6-9,16-17H,5,10-15,18H2,1-4H3/t24-/m1/s1. The van der Waals surface area contributed by atoms with Gasteiger partial charge in [0.05, 0.1) is 11.8 Å². The maximum Gasteiger partial charge on any atom is 0.141 e. The second-order valence-electron chi connectivity index (χ2n) is 9.58. The van der Waals surface area contributed by atoms with Crippen LogP contribution in [0.4, 0.5) is 4.39 Å². The van der Waals surface area contributed by atoms with Gasteiger partial charge in [-0.1, -0.05) is 6.07 Å². The van der Waals surface area contributed by atoms with Gasteiger partial charge < -0.3 is 4.74 Å². The third kappa shape index (κ3) is 3.90. The summed E-state index contributed by atoms with van der Waals surface area (Å²) in [6.07, 6.45) is 8.70. The molecule has 0 bridgehead atoms. The van der Waals surface area contributed by atoms with Crippen LogP contribution < -0.4 is 0 Å². The van der Waals surface area contributed by atoms with Crippen LogP contribution in [-0.4, -0.2) is 40.2 Å². The lowest BCUT2D eigenvalue weighted by atomic mass is 9.69. The maximum atomic E-state index is 13.3. The van der Waals surface area contributed by atoms with Crippen molar-refractivity contribution in [2.75, 3.05) is 19.7 Å². The first-order chi connectivity index (χ1) is 14.3. The molecular formula is C25H34FN3O. The SMILES string of the molecule is CCOC(C)(C)[C@]1(CCc2ccc(F)cn2)CCN(C2(c3ccc(C)nc3)CC2)C1. The molecule has 0 spiro atoms. The van der Waals surface area contributed by atoms with Crippen LogP contribution in [0.5, 0.6) is 0 Å². The molecule has 2 fully saturated rings. The summed E-state index contributed by atoms with van der Waals surface area (Å²) in [4.78, 5) is 11.5. The number of aromatic nitrogens is 2. The van der Waals surface area contributed by atoms with Gasteiger partial charge >= 0.3 is 0 Å². The van der Waals surface area contributed by atoms with Crippen LogP contribution >= 0.6 is 0 Å². The predicted molar refractivity (Wildman–Crippen MR) is 117 cm³/mol. The van der Waals surface area contributed by atoms with E-state index in [-0.39, 0.29) is 22.4 Å². The number of nitrogens with zero attached hydrogens (tertiary/aromatic N) is 3. The number of rotatable bonds is 8. The molecule has 5 heteroatoms. The summed E-state index contributed by atoms with van der Waals surface area (Å²) in [5.74, 6) is -0.280. The van der Waals surface area contributed by atoms with E-state index in [1.807, 2.05) is 13.0 Å². The molecule has 1 aliphatic carbocycles. The first-order valence-electron chi connectivity index (χ1n) is 11.2. The van der Waals surface area contributed by atoms with Crippen LogP contribution in [0.1, 0.15) is 63.4 Å². The van der Waals surface area contributed by atoms with E-state index in [0.717, 1.165) is 43.7 Å². The van der Waals surface area contributed by atoms with Gasteiger partial charge in [0.15, 0.2) is 0 Å². The van der Waals surface area contributed by atoms with Gasteiger partial charge in [0.25, 0.3) is 0 Å². The summed E-state index contributed by atoms with van der Waals surface area (Å²) in [5, 5.41) is 0. The van der Waals surface area contributed by atoms with Gasteiger partial charge in [-0.2, -0.15) is 0 Å². The van der Waals surface area contributed by atoms with Crippen LogP contribution in [0.2, 0.25) is 0 Å². The highest BCUT2D eigenvalue weighted by atomic mass is 19.1. The van der Waals surface area contributed by atoms with E-state index in [2.05, 4.69) is 54.0 Å². The monoisotopic (exact) mass is 411 g/mol. The second-order valence-corrected chi connectivity index (χ2v) is 9.58. The molecule has 162 valence electrons. The Morgan fingerprint density at radius 1 is 1.10 bits per heavy atom. The summed E-state index contributed by atoms with van der Waals surface area (Å²) in [5.41, 5.74) is 3.29. The van der Waals surface area contributed by atoms with Crippen molar-refractivity contribution < 1.29 is 9.13 Å². The first kappa shape index (κ1) is 21.4. The van der Waals surface area contributed by atoms with Gasteiger partial charge in [0, 0.05) is 41.7 Å². The van der Waals surface area contributed by atoms with Crippen molar-refractivity contribution in [1.82, 2.24) is 14.9 Å². The lowest BCUT2D eigenvalue weighted by Gasteiger charge is -2.45. The largest absolute Gasteiger partial charge is 0.375 e. The summed E-state index contributed by atoms with van der Waals surface area (Å²) >= 11 is 0. The molecule has 2 aromatic rings. The predicted octanol–water partition coefficient (Wildman–Crippen LogP) is 5.05. The molecule has 2 aliphatic rings. The van der Waals surface area contributed by atoms with Crippen LogP contribution in [0, 0.1) is 18.2 Å². The average Bonchev–Trinajstić information content (AvgIpc) is 3.40. The molecule has 0 aromatic carbocycles. The molecule has 4 rings (SSSR count). The fourth-order valence-electron chi connectivity index (χ4n) is 5.32. The molecule has 1 saturated heterocycles. The number of halogens is 1. The van der Waals surface area contributed by atoms with Gasteiger partial charge in [-0.3, -0.25) is 14.9 Å². The zero-order chi connectivity index (χ0) is 21.4. The molecule has 1 atom stereocenters. The molecule has 1 saturated carbocycles. The molecule has 0 amide bonds. The zero-order valence-electron chi connectivity index (χ0n) is 18.7. The molecule has 0 unspecified atom stereocenters. The van der Waals surface area contributed by atoms with E-state index in [4.69, 9.17) is 4.74 Å². The highest BCUT2D eigenvalue weighted by Crippen LogP contribution is 2.57. The lowest BCUT2D eigenvalue weighted by molar-refractivity contribution is -0.108. The normalized spacial score (nSPS) is 23.6. The van der Waals surface area contributed by atoms with E-state index >= 15 is 0 Å². The Kier molecular flexibility index (Phi) is 5.71. The van der Waals surface area contributed by atoms with E-state index in [1.54, 1.807) is 0 Å². The minimum Gasteiger partial charge on any atom is -0.375 e. The summed E-state index contributed by atoms with van der Waals surface area (Å²) in [6, 6.07) is 7.70. The van der Waals surface area contributed by atoms with Crippen molar-refractivity contribution >= 4 is 0 Å². The summed E-state index contributed by atoms with van der Waals surface area (Å²) in [6.45, 7) is 11.4. The zero-order valence-corrected chi connectivity index (χ0v) is 18.7. The van der Waals surface area contributed by atoms with Crippen molar-refractivity contribution in [3.05, 3.63) is 59.4 Å². The fourth-order valence-corrected chi connectivity index (χ4v) is 5.32. The quantitative estimate of drug-likeness (QED) is 0.609. The van der Waals surface area contributed by atoms with Crippen molar-refractivity contribution in [3.63, 3.8) is 0 Å². The third-order valence-electron chi connectivity index (χ3n) is 7.56. The van der Waals surface area contributed by atoms with E-state index in [9.17, 15) is 4.39 Å². The molecule has 0 radical (unpaired) electrons. The van der Waals surface area contributed by atoms with Gasteiger partial charge in [-0.05, 0) is 90.1 Å². The Morgan fingerprint density at radius 3 is 2.50 bits per heavy atom. The first-order valence-corrected chi connectivity index (χ1v) is 11.2. The maximum absolute atomic E-state index is 13.3. The van der Waals surface area contributed by atoms with E-state index in [1.165, 1.54) is 30.7 Å². The van der Waals surface area contributed by atoms with Crippen LogP contribution in [0.3, 0.4) is 0 Å². The highest BCUT2D eigenvalue weighted by molar-refractivity contribution is 5.30. The molecule has 3 heterocycles. The molecular weight excluding hydrogens is 377 g/mol. The van der Waals surface area contributed by atoms with Gasteiger partial charge in [-0.15, -0.1) is 0 Å². The fraction of sp³-hybridized carbons (Fsp3) is 0.600. The Morgan fingerprint density at radius 2 is 1.90 bits per heavy atom. The smallest absolute Gasteiger partial charge is 0.141 e. The second kappa shape index (κ2) is 8.01. The molecule has 4 nitrogen and oxygen atoms in total. The number of hydrogen-bond donors (Lipinski definition) is 0. The number of hydrogen-bond acceptors (Lipinski definition) is 4. The average molecular weight is 412 g/mol. The van der Waals surface area contributed by atoms with Crippen LogP contribution in [0.25, 0.3) is 0 Å². The Balaban J connectivity index is 1.56. The van der Waals surface area contributed by atoms with Crippen LogP contribution in [-0.2, 0) is 16.7 Å². The van der Waals surface area contributed by atoms with Gasteiger partial charge in [-0.25, -0.2) is 4.39 Å². The molecule has 2 aromatic heterocycles. The van der Waals surface area contributed by atoms with Crippen molar-refractivity contribution in [2.45, 2.75) is 70.9 Å². The Bertz CT molecular complexity index is 861. The van der Waals surface area contributed by atoms with Gasteiger partial charge in [0.1, 0.15) is 5.82 Å². The van der Waals surface area contributed by atoms with Crippen molar-refractivity contribution in [3.8, 4) is 0 Å². The number of aryl methyl sites for hydroxylation is 2. The topological polar surface area (TPSA) is 38.2 Å². The molecule has 30 heavy (non-hydrogen) atoms. The van der Waals surface area contributed by atoms with Crippen LogP contribution in [0.15, 0.2) is 36.7 Å². The summed E-state index contributed by atoms with van der Waals surface area (Å²) in [7, 11) is 0. The molecule has 0 N–H and O–H groups in total. The third-order valence-corrected chi connectivity index (χ3v) is 7.56. The number of ether oxygens (including phenoxy) is 1. The minimum atomic E-state index is -0.280. The lowest BCUT2D eigenvalue weighted by Crippen LogP contribution is -2.49. The van der Waals surface area contributed by atoms with Gasteiger partial charge in [0.2, 0.25) is 0 Å². The molecule has 1 aliphatic heterocycles.